The van der Waals surface area contributed by atoms with Crippen LogP contribution in [0.3, 0.4) is 0 Å². The fraction of sp³-hybridized carbons (Fsp3) is 0.400. The quantitative estimate of drug-likeness (QED) is 0.680. The molecule has 1 aromatic rings. The van der Waals surface area contributed by atoms with Crippen LogP contribution in [0.1, 0.15) is 30.9 Å². The molecule has 78 valence electrons. The van der Waals surface area contributed by atoms with Crippen LogP contribution < -0.4 is 5.48 Å². The van der Waals surface area contributed by atoms with Crippen molar-refractivity contribution in [2.45, 2.75) is 26.3 Å². The van der Waals surface area contributed by atoms with Crippen molar-refractivity contribution in [1.82, 2.24) is 5.48 Å². The van der Waals surface area contributed by atoms with Crippen LogP contribution in [0.15, 0.2) is 12.1 Å². The topological polar surface area (TPSA) is 52.5 Å². The fourth-order valence-corrected chi connectivity index (χ4v) is 1.48. The van der Waals surface area contributed by atoms with Crippen LogP contribution in [0.2, 0.25) is 5.02 Å². The molecule has 0 heterocycles. The van der Waals surface area contributed by atoms with E-state index in [2.05, 4.69) is 0 Å². The number of aromatic hydroxyl groups is 1. The predicted octanol–water partition coefficient (Wildman–Crippen LogP) is 2.65. The first-order valence-electron chi connectivity index (χ1n) is 4.44. The first-order chi connectivity index (χ1) is 6.56. The van der Waals surface area contributed by atoms with Gasteiger partial charge >= 0.3 is 0 Å². The normalized spacial score (nSPS) is 10.9. The van der Waals surface area contributed by atoms with Crippen LogP contribution in [0.25, 0.3) is 0 Å². The number of hydrogen-bond acceptors (Lipinski definition) is 3. The molecule has 1 rings (SSSR count). The van der Waals surface area contributed by atoms with E-state index < -0.39 is 0 Å². The molecule has 0 saturated heterocycles. The highest BCUT2D eigenvalue weighted by Gasteiger charge is 2.09. The van der Waals surface area contributed by atoms with Crippen LogP contribution in [0.4, 0.5) is 0 Å². The zero-order valence-corrected chi connectivity index (χ0v) is 8.97. The number of phenolic OH excluding ortho intramolecular Hbond substituents is 1. The third-order valence-electron chi connectivity index (χ3n) is 2.10. The van der Waals surface area contributed by atoms with Gasteiger partial charge in [-0.25, -0.2) is 5.48 Å². The lowest BCUT2D eigenvalue weighted by atomic mass is 10.0. The van der Waals surface area contributed by atoms with Crippen molar-refractivity contribution < 1.29 is 10.3 Å². The molecule has 3 nitrogen and oxygen atoms in total. The number of rotatable bonds is 3. The molecule has 0 unspecified atom stereocenters. The van der Waals surface area contributed by atoms with Gasteiger partial charge in [-0.2, -0.15) is 0 Å². The lowest BCUT2D eigenvalue weighted by molar-refractivity contribution is 0.160. The summed E-state index contributed by atoms with van der Waals surface area (Å²) in [5.74, 6) is 0.364. The van der Waals surface area contributed by atoms with E-state index in [1.54, 1.807) is 6.07 Å². The first-order valence-corrected chi connectivity index (χ1v) is 4.82. The molecule has 0 aliphatic carbocycles. The first kappa shape index (κ1) is 11.3. The Morgan fingerprint density at radius 1 is 1.43 bits per heavy atom. The largest absolute Gasteiger partial charge is 0.506 e. The summed E-state index contributed by atoms with van der Waals surface area (Å²) in [6.45, 7) is 4.27. The molecule has 0 spiro atoms. The molecule has 0 aliphatic heterocycles. The van der Waals surface area contributed by atoms with Gasteiger partial charge in [-0.1, -0.05) is 31.5 Å². The maximum absolute atomic E-state index is 9.55. The smallest absolute Gasteiger partial charge is 0.138 e. The Balaban J connectivity index is 3.14. The lowest BCUT2D eigenvalue weighted by Crippen LogP contribution is -2.07. The maximum atomic E-state index is 9.55. The molecule has 0 atom stereocenters. The van der Waals surface area contributed by atoms with Crippen LogP contribution in [-0.4, -0.2) is 10.3 Å². The van der Waals surface area contributed by atoms with Crippen molar-refractivity contribution >= 4 is 11.6 Å². The minimum Gasteiger partial charge on any atom is -0.506 e. The summed E-state index contributed by atoms with van der Waals surface area (Å²) in [5.41, 5.74) is 3.64. The summed E-state index contributed by atoms with van der Waals surface area (Å²) in [7, 11) is 0. The van der Waals surface area contributed by atoms with Gasteiger partial charge in [0.05, 0.1) is 5.02 Å². The summed E-state index contributed by atoms with van der Waals surface area (Å²) < 4.78 is 0. The van der Waals surface area contributed by atoms with Crippen molar-refractivity contribution in [3.05, 3.63) is 28.3 Å². The summed E-state index contributed by atoms with van der Waals surface area (Å²) in [5, 5.41) is 18.4. The van der Waals surface area contributed by atoms with Crippen molar-refractivity contribution in [3.63, 3.8) is 0 Å². The zero-order chi connectivity index (χ0) is 10.7. The third-order valence-corrected chi connectivity index (χ3v) is 2.39. The van der Waals surface area contributed by atoms with E-state index in [-0.39, 0.29) is 12.3 Å². The molecular formula is C10H14ClNO2. The third kappa shape index (κ3) is 2.38. The molecule has 0 amide bonds. The highest BCUT2D eigenvalue weighted by atomic mass is 35.5. The van der Waals surface area contributed by atoms with Crippen LogP contribution in [-0.2, 0) is 6.54 Å². The van der Waals surface area contributed by atoms with E-state index in [0.717, 1.165) is 5.56 Å². The molecule has 4 heteroatoms. The second kappa shape index (κ2) is 4.64. The van der Waals surface area contributed by atoms with Crippen molar-refractivity contribution in [1.29, 1.82) is 0 Å². The molecule has 0 aromatic heterocycles. The molecule has 0 aliphatic rings. The minimum atomic E-state index is 0.0256. The van der Waals surface area contributed by atoms with Gasteiger partial charge in [-0.05, 0) is 17.5 Å². The molecule has 0 bridgehead atoms. The van der Waals surface area contributed by atoms with Crippen molar-refractivity contribution in [3.8, 4) is 5.75 Å². The van der Waals surface area contributed by atoms with Crippen LogP contribution in [0, 0.1) is 0 Å². The molecule has 14 heavy (non-hydrogen) atoms. The number of halogens is 1. The number of phenols is 1. The van der Waals surface area contributed by atoms with Gasteiger partial charge < -0.3 is 10.3 Å². The molecule has 3 N–H and O–H groups in total. The van der Waals surface area contributed by atoms with Gasteiger partial charge in [-0.15, -0.1) is 0 Å². The second-order valence-electron chi connectivity index (χ2n) is 3.50. The number of benzene rings is 1. The highest BCUT2D eigenvalue weighted by Crippen LogP contribution is 2.31. The Labute approximate surface area is 88.3 Å². The fourth-order valence-electron chi connectivity index (χ4n) is 1.23. The van der Waals surface area contributed by atoms with Crippen molar-refractivity contribution in [2.75, 3.05) is 0 Å². The van der Waals surface area contributed by atoms with E-state index >= 15 is 0 Å². The van der Waals surface area contributed by atoms with Gasteiger partial charge in [0.25, 0.3) is 0 Å². The van der Waals surface area contributed by atoms with Gasteiger partial charge in [0.15, 0.2) is 0 Å². The average Bonchev–Trinajstić information content (AvgIpc) is 2.12. The standard InChI is InChI=1S/C10H14ClNO2/c1-6(2)7-3-8(5-12-14)10(13)9(11)4-7/h3-4,6,12-14H,5H2,1-2H3. The average molecular weight is 216 g/mol. The lowest BCUT2D eigenvalue weighted by Gasteiger charge is -2.11. The van der Waals surface area contributed by atoms with Crippen LogP contribution >= 0.6 is 11.6 Å². The maximum Gasteiger partial charge on any atom is 0.138 e. The Kier molecular flexibility index (Phi) is 3.75. The molecule has 0 saturated carbocycles. The number of nitrogens with one attached hydrogen (secondary N) is 1. The van der Waals surface area contributed by atoms with E-state index in [1.807, 2.05) is 25.4 Å². The number of hydrogen-bond donors (Lipinski definition) is 3. The Morgan fingerprint density at radius 2 is 2.07 bits per heavy atom. The molecular weight excluding hydrogens is 202 g/mol. The minimum absolute atomic E-state index is 0.0256. The van der Waals surface area contributed by atoms with Gasteiger partial charge in [-0.3, -0.25) is 0 Å². The monoisotopic (exact) mass is 215 g/mol. The summed E-state index contributed by atoms with van der Waals surface area (Å²) in [4.78, 5) is 0. The summed E-state index contributed by atoms with van der Waals surface area (Å²) in [6, 6.07) is 3.57. The Bertz CT molecular complexity index is 326. The van der Waals surface area contributed by atoms with Gasteiger partial charge in [0.1, 0.15) is 5.75 Å². The summed E-state index contributed by atoms with van der Waals surface area (Å²) >= 11 is 5.84. The van der Waals surface area contributed by atoms with E-state index in [9.17, 15) is 5.11 Å². The van der Waals surface area contributed by atoms with Gasteiger partial charge in [0, 0.05) is 12.1 Å². The Hall–Kier alpha value is -0.770. The van der Waals surface area contributed by atoms with E-state index in [0.29, 0.717) is 16.5 Å². The van der Waals surface area contributed by atoms with Crippen LogP contribution in [0.5, 0.6) is 5.75 Å². The second-order valence-corrected chi connectivity index (χ2v) is 3.91. The van der Waals surface area contributed by atoms with Crippen molar-refractivity contribution in [2.24, 2.45) is 0 Å². The molecule has 0 fully saturated rings. The van der Waals surface area contributed by atoms with E-state index in [1.165, 1.54) is 0 Å². The van der Waals surface area contributed by atoms with E-state index in [4.69, 9.17) is 16.8 Å². The number of hydroxylamine groups is 1. The molecule has 1 aromatic carbocycles. The Morgan fingerprint density at radius 3 is 2.57 bits per heavy atom. The SMILES string of the molecule is CC(C)c1cc(Cl)c(O)c(CNO)c1. The van der Waals surface area contributed by atoms with Gasteiger partial charge in [0.2, 0.25) is 0 Å². The summed E-state index contributed by atoms with van der Waals surface area (Å²) in [6.07, 6.45) is 0. The zero-order valence-electron chi connectivity index (χ0n) is 8.21. The molecule has 0 radical (unpaired) electrons. The predicted molar refractivity (Wildman–Crippen MR) is 55.8 cm³/mol. The highest BCUT2D eigenvalue weighted by molar-refractivity contribution is 6.32.